The number of rotatable bonds is 4. The number of ether oxygens (including phenoxy) is 1. The van der Waals surface area contributed by atoms with Crippen LogP contribution in [0.4, 0.5) is 4.39 Å². The van der Waals surface area contributed by atoms with Crippen molar-refractivity contribution in [2.24, 2.45) is 0 Å². The second-order valence-corrected chi connectivity index (χ2v) is 5.84. The van der Waals surface area contributed by atoms with Gasteiger partial charge in [0.05, 0.1) is 6.54 Å². The third-order valence-electron chi connectivity index (χ3n) is 4.00. The first-order chi connectivity index (χ1) is 11.2. The number of hydrogen-bond donors (Lipinski definition) is 0. The molecule has 1 fully saturated rings. The monoisotopic (exact) mass is 328 g/mol. The molecule has 0 N–H and O–H groups in total. The molecular weight excluding hydrogens is 317 g/mol. The molecule has 115 valence electrons. The third kappa shape index (κ3) is 2.52. The van der Waals surface area contributed by atoms with Crippen molar-refractivity contribution in [3.63, 3.8) is 0 Å². The zero-order chi connectivity index (χ0) is 15.9. The van der Waals surface area contributed by atoms with Crippen LogP contribution in [0, 0.1) is 12.1 Å². The first-order valence-corrected chi connectivity index (χ1v) is 7.51. The van der Waals surface area contributed by atoms with Crippen LogP contribution in [0.5, 0.6) is 0 Å². The summed E-state index contributed by atoms with van der Waals surface area (Å²) >= 11 is 6.29. The van der Waals surface area contributed by atoms with Gasteiger partial charge in [0, 0.05) is 10.6 Å². The summed E-state index contributed by atoms with van der Waals surface area (Å²) in [6.07, 6.45) is 3.89. The lowest BCUT2D eigenvalue weighted by Crippen LogP contribution is -2.20. The van der Waals surface area contributed by atoms with E-state index in [1.54, 1.807) is 10.7 Å². The zero-order valence-corrected chi connectivity index (χ0v) is 12.7. The molecule has 2 atom stereocenters. The summed E-state index contributed by atoms with van der Waals surface area (Å²) in [6, 6.07) is 13.9. The second-order valence-electron chi connectivity index (χ2n) is 5.44. The summed E-state index contributed by atoms with van der Waals surface area (Å²) in [6.45, 7) is 0.381. The van der Waals surface area contributed by atoms with Gasteiger partial charge in [0.1, 0.15) is 23.8 Å². The van der Waals surface area contributed by atoms with Crippen LogP contribution in [-0.4, -0.2) is 14.8 Å². The number of halogens is 2. The van der Waals surface area contributed by atoms with Crippen molar-refractivity contribution in [1.29, 1.82) is 0 Å². The fraction of sp³-hybridized carbons (Fsp3) is 0.176. The maximum Gasteiger partial charge on any atom is 0.196 e. The molecular formula is C17H12ClFN3O. The first-order valence-electron chi connectivity index (χ1n) is 7.13. The molecule has 0 saturated carbocycles. The Morgan fingerprint density at radius 1 is 1.26 bits per heavy atom. The Labute approximate surface area is 137 Å². The Morgan fingerprint density at radius 2 is 2.13 bits per heavy atom. The average Bonchev–Trinajstić information content (AvgIpc) is 3.02. The van der Waals surface area contributed by atoms with E-state index < -0.39 is 5.60 Å². The van der Waals surface area contributed by atoms with Gasteiger partial charge in [-0.1, -0.05) is 41.9 Å². The molecule has 1 aliphatic rings. The highest BCUT2D eigenvalue weighted by Gasteiger charge is 2.59. The maximum absolute atomic E-state index is 13.7. The minimum absolute atomic E-state index is 0.268. The van der Waals surface area contributed by atoms with E-state index in [4.69, 9.17) is 16.3 Å². The van der Waals surface area contributed by atoms with Crippen molar-refractivity contribution in [2.75, 3.05) is 0 Å². The number of benzene rings is 2. The van der Waals surface area contributed by atoms with Crippen LogP contribution < -0.4 is 0 Å². The largest absolute Gasteiger partial charge is 0.354 e. The summed E-state index contributed by atoms with van der Waals surface area (Å²) < 4.78 is 21.3. The van der Waals surface area contributed by atoms with Gasteiger partial charge in [-0.25, -0.2) is 14.1 Å². The minimum Gasteiger partial charge on any atom is -0.354 e. The van der Waals surface area contributed by atoms with Crippen LogP contribution in [0.3, 0.4) is 0 Å². The smallest absolute Gasteiger partial charge is 0.196 e. The summed E-state index contributed by atoms with van der Waals surface area (Å²) in [5, 5.41) is 4.71. The van der Waals surface area contributed by atoms with E-state index in [-0.39, 0.29) is 11.9 Å². The minimum atomic E-state index is -0.725. The lowest BCUT2D eigenvalue weighted by atomic mass is 9.91. The topological polar surface area (TPSA) is 43.2 Å². The van der Waals surface area contributed by atoms with E-state index in [0.29, 0.717) is 11.6 Å². The maximum atomic E-state index is 13.7. The molecule has 0 aliphatic carbocycles. The Morgan fingerprint density at radius 3 is 2.87 bits per heavy atom. The molecule has 1 aliphatic heterocycles. The van der Waals surface area contributed by atoms with Crippen molar-refractivity contribution in [2.45, 2.75) is 18.2 Å². The molecule has 2 aromatic carbocycles. The number of aromatic nitrogens is 3. The fourth-order valence-electron chi connectivity index (χ4n) is 2.87. The quantitative estimate of drug-likeness (QED) is 0.688. The molecule has 1 aromatic heterocycles. The molecule has 4 rings (SSSR count). The number of hydrogen-bond acceptors (Lipinski definition) is 3. The molecule has 6 heteroatoms. The molecule has 2 heterocycles. The summed E-state index contributed by atoms with van der Waals surface area (Å²) in [5.74, 6) is -0.308. The highest BCUT2D eigenvalue weighted by molar-refractivity contribution is 6.31. The Hall–Kier alpha value is -2.24. The van der Waals surface area contributed by atoms with Crippen LogP contribution in [0.15, 0.2) is 54.9 Å². The fourth-order valence-corrected chi connectivity index (χ4v) is 3.10. The van der Waals surface area contributed by atoms with Crippen LogP contribution in [0.25, 0.3) is 0 Å². The predicted molar refractivity (Wildman–Crippen MR) is 82.2 cm³/mol. The van der Waals surface area contributed by atoms with E-state index in [1.165, 1.54) is 18.5 Å². The normalized spacial score (nSPS) is 23.0. The highest BCUT2D eigenvalue weighted by Crippen LogP contribution is 2.59. The summed E-state index contributed by atoms with van der Waals surface area (Å²) in [5.41, 5.74) is 0.891. The molecule has 23 heavy (non-hydrogen) atoms. The average molecular weight is 329 g/mol. The summed E-state index contributed by atoms with van der Waals surface area (Å²) in [7, 11) is 0. The van der Waals surface area contributed by atoms with E-state index in [0.717, 1.165) is 11.1 Å². The SMILES string of the molecule is Fc1cccc([C@]2(Cn3[c]ncn3)O[C@H]2c2ccccc2Cl)c1. The van der Waals surface area contributed by atoms with Crippen molar-refractivity contribution < 1.29 is 9.13 Å². The molecule has 0 bridgehead atoms. The van der Waals surface area contributed by atoms with Gasteiger partial charge in [0.15, 0.2) is 6.33 Å². The lowest BCUT2D eigenvalue weighted by Gasteiger charge is -2.14. The first kappa shape index (κ1) is 14.4. The van der Waals surface area contributed by atoms with E-state index in [1.807, 2.05) is 30.3 Å². The van der Waals surface area contributed by atoms with E-state index in [9.17, 15) is 4.39 Å². The van der Waals surface area contributed by atoms with Gasteiger partial charge in [-0.2, -0.15) is 5.10 Å². The highest BCUT2D eigenvalue weighted by atomic mass is 35.5. The molecule has 3 aromatic rings. The van der Waals surface area contributed by atoms with E-state index in [2.05, 4.69) is 16.4 Å². The van der Waals surface area contributed by atoms with Crippen molar-refractivity contribution in [3.8, 4) is 0 Å². The number of epoxide rings is 1. The Balaban J connectivity index is 1.76. The second kappa shape index (κ2) is 5.44. The molecule has 0 amide bonds. The lowest BCUT2D eigenvalue weighted by molar-refractivity contribution is 0.261. The Kier molecular flexibility index (Phi) is 3.39. The van der Waals surface area contributed by atoms with Gasteiger partial charge in [0.25, 0.3) is 0 Å². The molecule has 1 radical (unpaired) electrons. The predicted octanol–water partition coefficient (Wildman–Crippen LogP) is 3.54. The van der Waals surface area contributed by atoms with Gasteiger partial charge in [-0.05, 0) is 23.8 Å². The van der Waals surface area contributed by atoms with Gasteiger partial charge in [-0.3, -0.25) is 0 Å². The molecule has 0 unspecified atom stereocenters. The van der Waals surface area contributed by atoms with Crippen LogP contribution in [0.2, 0.25) is 5.02 Å². The molecule has 1 saturated heterocycles. The van der Waals surface area contributed by atoms with Gasteiger partial charge < -0.3 is 4.74 Å². The van der Waals surface area contributed by atoms with E-state index >= 15 is 0 Å². The van der Waals surface area contributed by atoms with Crippen molar-refractivity contribution >= 4 is 11.6 Å². The zero-order valence-electron chi connectivity index (χ0n) is 12.0. The van der Waals surface area contributed by atoms with Crippen molar-refractivity contribution in [3.05, 3.63) is 83.2 Å². The Bertz CT molecular complexity index is 839. The van der Waals surface area contributed by atoms with Gasteiger partial charge in [0.2, 0.25) is 0 Å². The number of nitrogens with zero attached hydrogens (tertiary/aromatic N) is 3. The molecule has 0 spiro atoms. The third-order valence-corrected chi connectivity index (χ3v) is 4.35. The van der Waals surface area contributed by atoms with Crippen LogP contribution >= 0.6 is 11.6 Å². The standard InChI is InChI=1S/C17H12ClFN3O/c18-15-7-2-1-6-14(15)16-17(23-16,9-22-11-20-10-21-22)12-4-3-5-13(19)8-12/h1-8,10,16H,9H2/t16-,17-/m0/s1. The summed E-state index contributed by atoms with van der Waals surface area (Å²) in [4.78, 5) is 3.83. The molecule has 4 nitrogen and oxygen atoms in total. The van der Waals surface area contributed by atoms with Crippen LogP contribution in [0.1, 0.15) is 17.2 Å². The van der Waals surface area contributed by atoms with Gasteiger partial charge >= 0.3 is 0 Å². The van der Waals surface area contributed by atoms with Crippen LogP contribution in [-0.2, 0) is 16.9 Å². The van der Waals surface area contributed by atoms with Gasteiger partial charge in [-0.15, -0.1) is 0 Å². The van der Waals surface area contributed by atoms with Crippen molar-refractivity contribution in [1.82, 2.24) is 14.8 Å².